The summed E-state index contributed by atoms with van der Waals surface area (Å²) >= 11 is 0. The average Bonchev–Trinajstić information content (AvgIpc) is 3.38. The number of nitrogens with one attached hydrogen (secondary N) is 2. The largest absolute Gasteiger partial charge is 0.493 e. The van der Waals surface area contributed by atoms with E-state index in [2.05, 4.69) is 10.6 Å². The quantitative estimate of drug-likeness (QED) is 0.142. The third kappa shape index (κ3) is 8.33. The highest BCUT2D eigenvalue weighted by Crippen LogP contribution is 2.43. The highest BCUT2D eigenvalue weighted by atomic mass is 32.2. The zero-order valence-electron chi connectivity index (χ0n) is 26.7. The first kappa shape index (κ1) is 34.4. The predicted molar refractivity (Wildman–Crippen MR) is 176 cm³/mol. The first-order valence-electron chi connectivity index (χ1n) is 15.2. The van der Waals surface area contributed by atoms with E-state index in [1.807, 2.05) is 30.3 Å². The van der Waals surface area contributed by atoms with Crippen molar-refractivity contribution in [2.24, 2.45) is 0 Å². The first-order chi connectivity index (χ1) is 22.7. The molecule has 47 heavy (non-hydrogen) atoms. The number of nitrogens with zero attached hydrogens (tertiary/aromatic N) is 1. The third-order valence-electron chi connectivity index (χ3n) is 7.87. The minimum Gasteiger partial charge on any atom is -0.493 e. The van der Waals surface area contributed by atoms with Gasteiger partial charge in [-0.2, -0.15) is 8.42 Å². The molecule has 0 spiro atoms. The SMILES string of the molecule is COCCOCCOCCNc1cc(COC)cc(COc2cc3c(cc2OC)C(=O)N2c4ccccc4C[C@H]2C(S(=O)(=O)O)N3)c1. The van der Waals surface area contributed by atoms with Gasteiger partial charge in [-0.05, 0) is 53.4 Å². The van der Waals surface area contributed by atoms with E-state index in [1.54, 1.807) is 26.4 Å². The normalized spacial score (nSPS) is 16.9. The molecule has 3 aromatic rings. The Morgan fingerprint density at radius 1 is 0.894 bits per heavy atom. The minimum atomic E-state index is -4.62. The number of carbonyl (C=O) groups excluding carboxylic acids is 1. The Morgan fingerprint density at radius 3 is 2.34 bits per heavy atom. The van der Waals surface area contributed by atoms with Gasteiger partial charge in [-0.3, -0.25) is 9.35 Å². The molecule has 1 amide bonds. The van der Waals surface area contributed by atoms with Crippen LogP contribution >= 0.6 is 0 Å². The number of anilines is 3. The van der Waals surface area contributed by atoms with Crippen LogP contribution in [0, 0.1) is 0 Å². The summed E-state index contributed by atoms with van der Waals surface area (Å²) in [5, 5.41) is 4.82. The Hall–Kier alpha value is -3.92. The van der Waals surface area contributed by atoms with Crippen LogP contribution in [-0.2, 0) is 48.7 Å². The summed E-state index contributed by atoms with van der Waals surface area (Å²) in [4.78, 5) is 15.4. The summed E-state index contributed by atoms with van der Waals surface area (Å²) in [7, 11) is 0.0952. The highest BCUT2D eigenvalue weighted by Gasteiger charge is 2.47. The molecule has 13 nitrogen and oxygen atoms in total. The lowest BCUT2D eigenvalue weighted by Gasteiger charge is -2.27. The van der Waals surface area contributed by atoms with E-state index in [0.717, 1.165) is 22.4 Å². The minimum absolute atomic E-state index is 0.133. The van der Waals surface area contributed by atoms with Crippen molar-refractivity contribution in [3.8, 4) is 11.5 Å². The van der Waals surface area contributed by atoms with Gasteiger partial charge < -0.3 is 44.0 Å². The number of para-hydroxylation sites is 1. The molecule has 1 unspecified atom stereocenters. The fourth-order valence-corrected chi connectivity index (χ4v) is 6.68. The summed E-state index contributed by atoms with van der Waals surface area (Å²) < 4.78 is 68.6. The van der Waals surface area contributed by atoms with Crippen LogP contribution in [-0.4, -0.2) is 91.2 Å². The number of benzene rings is 3. The topological polar surface area (TPSA) is 154 Å². The van der Waals surface area contributed by atoms with Gasteiger partial charge in [0.1, 0.15) is 6.61 Å². The summed E-state index contributed by atoms with van der Waals surface area (Å²) in [6.07, 6.45) is 0.261. The van der Waals surface area contributed by atoms with Crippen LogP contribution in [0.15, 0.2) is 54.6 Å². The van der Waals surface area contributed by atoms with Crippen molar-refractivity contribution < 1.29 is 46.2 Å². The van der Waals surface area contributed by atoms with Gasteiger partial charge in [-0.15, -0.1) is 0 Å². The highest BCUT2D eigenvalue weighted by molar-refractivity contribution is 7.86. The lowest BCUT2D eigenvalue weighted by atomic mass is 10.1. The van der Waals surface area contributed by atoms with E-state index in [0.29, 0.717) is 57.6 Å². The predicted octanol–water partition coefficient (Wildman–Crippen LogP) is 3.72. The van der Waals surface area contributed by atoms with Gasteiger partial charge in [0.05, 0.1) is 64.0 Å². The molecule has 14 heteroatoms. The molecule has 0 saturated carbocycles. The van der Waals surface area contributed by atoms with E-state index in [1.165, 1.54) is 24.1 Å². The second kappa shape index (κ2) is 15.8. The van der Waals surface area contributed by atoms with Crippen molar-refractivity contribution in [1.82, 2.24) is 0 Å². The Kier molecular flexibility index (Phi) is 11.6. The maximum Gasteiger partial charge on any atom is 0.288 e. The molecule has 2 aliphatic rings. The Morgan fingerprint density at radius 2 is 1.62 bits per heavy atom. The molecule has 2 heterocycles. The average molecular weight is 672 g/mol. The van der Waals surface area contributed by atoms with Crippen molar-refractivity contribution in [1.29, 1.82) is 0 Å². The van der Waals surface area contributed by atoms with Gasteiger partial charge in [0, 0.05) is 38.2 Å². The lowest BCUT2D eigenvalue weighted by molar-refractivity contribution is 0.0272. The molecule has 0 saturated heterocycles. The molecule has 2 aliphatic heterocycles. The van der Waals surface area contributed by atoms with E-state index in [-0.39, 0.29) is 30.0 Å². The number of hydrogen-bond donors (Lipinski definition) is 3. The van der Waals surface area contributed by atoms with Gasteiger partial charge >= 0.3 is 0 Å². The van der Waals surface area contributed by atoms with Crippen molar-refractivity contribution in [2.45, 2.75) is 31.1 Å². The van der Waals surface area contributed by atoms with Gasteiger partial charge in [0.2, 0.25) is 0 Å². The first-order valence-corrected chi connectivity index (χ1v) is 16.7. The van der Waals surface area contributed by atoms with Crippen molar-refractivity contribution >= 4 is 33.1 Å². The number of rotatable bonds is 17. The Bertz CT molecular complexity index is 1650. The molecule has 0 fully saturated rings. The van der Waals surface area contributed by atoms with Crippen LogP contribution < -0.4 is 25.0 Å². The Labute approximate surface area is 274 Å². The molecule has 0 aromatic heterocycles. The molecule has 0 radical (unpaired) electrons. The third-order valence-corrected chi connectivity index (χ3v) is 8.94. The molecule has 2 atom stereocenters. The number of carbonyl (C=O) groups is 1. The fraction of sp³-hybridized carbons (Fsp3) is 0.424. The van der Waals surface area contributed by atoms with Gasteiger partial charge in [-0.1, -0.05) is 18.2 Å². The fourth-order valence-electron chi connectivity index (χ4n) is 5.79. The number of amides is 1. The van der Waals surface area contributed by atoms with Gasteiger partial charge in [-0.25, -0.2) is 0 Å². The van der Waals surface area contributed by atoms with E-state index < -0.39 is 27.4 Å². The van der Waals surface area contributed by atoms with E-state index >= 15 is 0 Å². The van der Waals surface area contributed by atoms with Crippen LogP contribution in [0.3, 0.4) is 0 Å². The van der Waals surface area contributed by atoms with E-state index in [4.69, 9.17) is 28.4 Å². The van der Waals surface area contributed by atoms with Crippen LogP contribution in [0.25, 0.3) is 0 Å². The monoisotopic (exact) mass is 671 g/mol. The van der Waals surface area contributed by atoms with Gasteiger partial charge in [0.15, 0.2) is 16.9 Å². The molecule has 3 aromatic carbocycles. The van der Waals surface area contributed by atoms with E-state index in [9.17, 15) is 17.8 Å². The lowest BCUT2D eigenvalue weighted by Crippen LogP contribution is -2.49. The molecule has 0 bridgehead atoms. The van der Waals surface area contributed by atoms with Crippen molar-refractivity contribution in [3.05, 3.63) is 76.9 Å². The number of fused-ring (bicyclic) bond motifs is 4. The second-order valence-corrected chi connectivity index (χ2v) is 12.6. The molecular formula is C33H41N3O10S. The molecule has 0 aliphatic carbocycles. The van der Waals surface area contributed by atoms with Crippen molar-refractivity contribution in [2.75, 3.05) is 76.4 Å². The summed E-state index contributed by atoms with van der Waals surface area (Å²) in [6, 6.07) is 15.3. The summed E-state index contributed by atoms with van der Waals surface area (Å²) in [6.45, 7) is 3.63. The number of methoxy groups -OCH3 is 3. The number of hydrogen-bond acceptors (Lipinski definition) is 11. The van der Waals surface area contributed by atoms with Crippen LogP contribution in [0.4, 0.5) is 17.1 Å². The van der Waals surface area contributed by atoms with Crippen LogP contribution in [0.1, 0.15) is 27.0 Å². The zero-order chi connectivity index (χ0) is 33.4. The molecule has 3 N–H and O–H groups in total. The summed E-state index contributed by atoms with van der Waals surface area (Å²) in [5.74, 6) is 0.169. The molecular weight excluding hydrogens is 630 g/mol. The maximum atomic E-state index is 13.9. The number of ether oxygens (including phenoxy) is 6. The molecule has 5 rings (SSSR count). The van der Waals surface area contributed by atoms with Crippen molar-refractivity contribution in [3.63, 3.8) is 0 Å². The smallest absolute Gasteiger partial charge is 0.288 e. The second-order valence-electron chi connectivity index (χ2n) is 11.1. The van der Waals surface area contributed by atoms with Gasteiger partial charge in [0.25, 0.3) is 16.0 Å². The standard InChI is InChI=1S/C33H41N3O10S/c1-41-10-11-45-13-12-44-9-8-34-25-15-22(20-42-2)14-23(16-25)21-46-31-19-27-26(18-30(31)43-3)33(37)36-28-7-5-4-6-24(28)17-29(36)32(35-27)47(38,39)40/h4-7,14-16,18-19,29,32,34-35H,8-13,17,20-21H2,1-3H3,(H,38,39,40)/t29-,32?/m0/s1. The summed E-state index contributed by atoms with van der Waals surface area (Å²) in [5.41, 5.74) is 4.45. The maximum absolute atomic E-state index is 13.9. The molecule has 254 valence electrons. The zero-order valence-corrected chi connectivity index (χ0v) is 27.5. The Balaban J connectivity index is 1.32. The van der Waals surface area contributed by atoms with Crippen LogP contribution in [0.2, 0.25) is 0 Å². The van der Waals surface area contributed by atoms with Crippen LogP contribution in [0.5, 0.6) is 11.5 Å².